The molecular formula is C10H10FNO4S3. The van der Waals surface area contributed by atoms with E-state index >= 15 is 0 Å². The van der Waals surface area contributed by atoms with Gasteiger partial charge in [0.25, 0.3) is 0 Å². The molecule has 19 heavy (non-hydrogen) atoms. The molecule has 104 valence electrons. The SMILES string of the molecule is NS(=O)(=O)C1=CC(S(=O)(=O)c2cccc(F)c2)CS1. The summed E-state index contributed by atoms with van der Waals surface area (Å²) in [6.07, 6.45) is 1.10. The van der Waals surface area contributed by atoms with E-state index in [0.29, 0.717) is 0 Å². The molecule has 0 spiro atoms. The fourth-order valence-electron chi connectivity index (χ4n) is 1.59. The molecule has 1 aliphatic heterocycles. The summed E-state index contributed by atoms with van der Waals surface area (Å²) >= 11 is 0.858. The molecule has 0 aliphatic carbocycles. The third-order valence-corrected chi connectivity index (χ3v) is 7.43. The second-order valence-electron chi connectivity index (χ2n) is 3.88. The number of nitrogens with two attached hydrogens (primary N) is 1. The molecule has 0 saturated heterocycles. The van der Waals surface area contributed by atoms with Crippen LogP contribution in [-0.4, -0.2) is 27.8 Å². The lowest BCUT2D eigenvalue weighted by Gasteiger charge is -2.08. The maximum atomic E-state index is 13.0. The van der Waals surface area contributed by atoms with E-state index in [0.717, 1.165) is 30.0 Å². The van der Waals surface area contributed by atoms with E-state index in [1.54, 1.807) is 0 Å². The van der Waals surface area contributed by atoms with E-state index in [-0.39, 0.29) is 14.9 Å². The van der Waals surface area contributed by atoms with Crippen molar-refractivity contribution in [2.75, 3.05) is 5.75 Å². The van der Waals surface area contributed by atoms with Crippen molar-refractivity contribution >= 4 is 31.6 Å². The van der Waals surface area contributed by atoms with Crippen molar-refractivity contribution in [3.63, 3.8) is 0 Å². The van der Waals surface area contributed by atoms with Gasteiger partial charge in [0.05, 0.1) is 10.1 Å². The number of thioether (sulfide) groups is 1. The number of hydrogen-bond acceptors (Lipinski definition) is 5. The second kappa shape index (κ2) is 4.89. The van der Waals surface area contributed by atoms with Gasteiger partial charge in [-0.1, -0.05) is 6.07 Å². The molecule has 1 atom stereocenters. The van der Waals surface area contributed by atoms with E-state index in [4.69, 9.17) is 5.14 Å². The molecule has 9 heteroatoms. The molecule has 1 aromatic rings. The second-order valence-corrected chi connectivity index (χ2v) is 8.90. The predicted molar refractivity (Wildman–Crippen MR) is 71.0 cm³/mol. The summed E-state index contributed by atoms with van der Waals surface area (Å²) in [5.74, 6) is -0.618. The minimum Gasteiger partial charge on any atom is -0.224 e. The lowest BCUT2D eigenvalue weighted by molar-refractivity contribution is 0.587. The Morgan fingerprint density at radius 2 is 1.95 bits per heavy atom. The summed E-state index contributed by atoms with van der Waals surface area (Å²) in [6, 6.07) is 4.59. The molecule has 5 nitrogen and oxygen atoms in total. The average molecular weight is 323 g/mol. The van der Waals surface area contributed by atoms with Crippen LogP contribution >= 0.6 is 11.8 Å². The quantitative estimate of drug-likeness (QED) is 0.889. The van der Waals surface area contributed by atoms with Crippen LogP contribution in [0.4, 0.5) is 4.39 Å². The zero-order valence-corrected chi connectivity index (χ0v) is 11.9. The van der Waals surface area contributed by atoms with Gasteiger partial charge in [-0.15, -0.1) is 11.8 Å². The van der Waals surface area contributed by atoms with Gasteiger partial charge in [-0.25, -0.2) is 26.4 Å². The van der Waals surface area contributed by atoms with Crippen LogP contribution in [0.1, 0.15) is 0 Å². The molecule has 1 heterocycles. The standard InChI is InChI=1S/C10H10FNO4S3/c11-7-2-1-3-8(4-7)18(13,14)9-5-10(17-6-9)19(12,15)16/h1-5,9H,6H2,(H2,12,15,16). The molecule has 0 saturated carbocycles. The normalized spacial score (nSPS) is 20.3. The first-order valence-electron chi connectivity index (χ1n) is 5.08. The third-order valence-electron chi connectivity index (χ3n) is 2.52. The lowest BCUT2D eigenvalue weighted by atomic mass is 10.3. The molecule has 0 aromatic heterocycles. The van der Waals surface area contributed by atoms with Crippen molar-refractivity contribution in [1.29, 1.82) is 0 Å². The van der Waals surface area contributed by atoms with Gasteiger partial charge < -0.3 is 0 Å². The third kappa shape index (κ3) is 2.99. The van der Waals surface area contributed by atoms with Crippen molar-refractivity contribution < 1.29 is 21.2 Å². The largest absolute Gasteiger partial charge is 0.243 e. The van der Waals surface area contributed by atoms with Crippen molar-refractivity contribution in [1.82, 2.24) is 0 Å². The van der Waals surface area contributed by atoms with Crippen LogP contribution in [0.5, 0.6) is 0 Å². The Balaban J connectivity index is 2.41. The molecule has 1 aliphatic rings. The predicted octanol–water partition coefficient (Wildman–Crippen LogP) is 0.845. The summed E-state index contributed by atoms with van der Waals surface area (Å²) < 4.78 is 59.5. The number of rotatable bonds is 3. The van der Waals surface area contributed by atoms with Gasteiger partial charge in [0.1, 0.15) is 10.1 Å². The van der Waals surface area contributed by atoms with E-state index in [2.05, 4.69) is 0 Å². The number of sulfonamides is 1. The van der Waals surface area contributed by atoms with E-state index < -0.39 is 30.9 Å². The van der Waals surface area contributed by atoms with Gasteiger partial charge in [0.2, 0.25) is 10.0 Å². The van der Waals surface area contributed by atoms with Crippen LogP contribution < -0.4 is 5.14 Å². The number of benzene rings is 1. The van der Waals surface area contributed by atoms with Gasteiger partial charge in [-0.05, 0) is 24.3 Å². The molecule has 0 radical (unpaired) electrons. The molecule has 1 unspecified atom stereocenters. The first-order chi connectivity index (χ1) is 8.71. The summed E-state index contributed by atoms with van der Waals surface area (Å²) in [4.78, 5) is -0.176. The Labute approximate surface area is 114 Å². The van der Waals surface area contributed by atoms with Crippen LogP contribution in [0.2, 0.25) is 0 Å². The summed E-state index contributed by atoms with van der Waals surface area (Å²) in [6.45, 7) is 0. The van der Waals surface area contributed by atoms with Gasteiger partial charge in [-0.3, -0.25) is 0 Å². The number of halogens is 1. The van der Waals surface area contributed by atoms with E-state index in [9.17, 15) is 21.2 Å². The highest BCUT2D eigenvalue weighted by Crippen LogP contribution is 2.33. The van der Waals surface area contributed by atoms with Crippen molar-refractivity contribution in [3.8, 4) is 0 Å². The molecular weight excluding hydrogens is 313 g/mol. The van der Waals surface area contributed by atoms with Crippen molar-refractivity contribution in [2.24, 2.45) is 5.14 Å². The topological polar surface area (TPSA) is 94.3 Å². The monoisotopic (exact) mass is 323 g/mol. The molecule has 0 bridgehead atoms. The van der Waals surface area contributed by atoms with Crippen LogP contribution in [0.15, 0.2) is 39.5 Å². The molecule has 0 fully saturated rings. The van der Waals surface area contributed by atoms with Gasteiger partial charge in [0.15, 0.2) is 9.84 Å². The maximum absolute atomic E-state index is 13.0. The van der Waals surface area contributed by atoms with E-state index in [1.165, 1.54) is 12.1 Å². The number of sulfone groups is 1. The Hall–Kier alpha value is -0.900. The van der Waals surface area contributed by atoms with Crippen molar-refractivity contribution in [2.45, 2.75) is 10.1 Å². The number of hydrogen-bond donors (Lipinski definition) is 1. The van der Waals surface area contributed by atoms with E-state index in [1.807, 2.05) is 0 Å². The van der Waals surface area contributed by atoms with Gasteiger partial charge in [0, 0.05) is 5.75 Å². The highest BCUT2D eigenvalue weighted by Gasteiger charge is 2.33. The molecule has 0 amide bonds. The van der Waals surface area contributed by atoms with Gasteiger partial charge in [-0.2, -0.15) is 0 Å². The summed E-state index contributed by atoms with van der Waals surface area (Å²) in [5, 5.41) is 3.92. The van der Waals surface area contributed by atoms with Crippen LogP contribution in [0, 0.1) is 5.82 Å². The number of primary sulfonamides is 1. The van der Waals surface area contributed by atoms with Gasteiger partial charge >= 0.3 is 0 Å². The average Bonchev–Trinajstić information content (AvgIpc) is 2.78. The lowest BCUT2D eigenvalue weighted by Crippen LogP contribution is -2.19. The summed E-state index contributed by atoms with van der Waals surface area (Å²) in [5.41, 5.74) is 0. The first kappa shape index (κ1) is 14.5. The smallest absolute Gasteiger partial charge is 0.224 e. The minimum absolute atomic E-state index is 0.0462. The zero-order chi connectivity index (χ0) is 14.3. The first-order valence-corrected chi connectivity index (χ1v) is 9.16. The molecule has 2 N–H and O–H groups in total. The van der Waals surface area contributed by atoms with Crippen LogP contribution in [0.3, 0.4) is 0 Å². The zero-order valence-electron chi connectivity index (χ0n) is 9.48. The molecule has 2 rings (SSSR count). The Morgan fingerprint density at radius 1 is 1.26 bits per heavy atom. The highest BCUT2D eigenvalue weighted by molar-refractivity contribution is 8.18. The fraction of sp³-hybridized carbons (Fsp3) is 0.200. The van der Waals surface area contributed by atoms with Crippen LogP contribution in [-0.2, 0) is 19.9 Å². The maximum Gasteiger partial charge on any atom is 0.243 e. The Bertz CT molecular complexity index is 740. The molecule has 1 aromatic carbocycles. The minimum atomic E-state index is -3.90. The Morgan fingerprint density at radius 3 is 2.47 bits per heavy atom. The highest BCUT2D eigenvalue weighted by atomic mass is 32.3. The van der Waals surface area contributed by atoms with Crippen LogP contribution in [0.25, 0.3) is 0 Å². The van der Waals surface area contributed by atoms with Crippen molar-refractivity contribution in [3.05, 3.63) is 40.4 Å². The summed E-state index contributed by atoms with van der Waals surface area (Å²) in [7, 11) is -7.71. The Kier molecular flexibility index (Phi) is 3.74. The fourth-order valence-corrected chi connectivity index (χ4v) is 5.79.